The number of esters is 1. The van der Waals surface area contributed by atoms with E-state index in [0.717, 1.165) is 24.8 Å². The van der Waals surface area contributed by atoms with Crippen LogP contribution in [0.3, 0.4) is 0 Å². The SMILES string of the molecule is COC12CCCCCOC(=O)CN1C(=O)c1ccccc12. The maximum atomic E-state index is 12.6. The summed E-state index contributed by atoms with van der Waals surface area (Å²) in [5, 5.41) is 0. The van der Waals surface area contributed by atoms with Gasteiger partial charge in [0, 0.05) is 18.2 Å². The number of ether oxygens (including phenoxy) is 2. The van der Waals surface area contributed by atoms with Crippen LogP contribution >= 0.6 is 0 Å². The Hall–Kier alpha value is -1.88. The highest BCUT2D eigenvalue weighted by Crippen LogP contribution is 2.43. The molecule has 1 atom stereocenters. The van der Waals surface area contributed by atoms with Gasteiger partial charge in [-0.05, 0) is 31.7 Å². The molecule has 0 aromatic heterocycles. The minimum Gasteiger partial charge on any atom is -0.464 e. The van der Waals surface area contributed by atoms with E-state index >= 15 is 0 Å². The lowest BCUT2D eigenvalue weighted by molar-refractivity contribution is -0.159. The second kappa shape index (κ2) is 5.48. The van der Waals surface area contributed by atoms with E-state index in [1.54, 1.807) is 13.2 Å². The number of fused-ring (bicyclic) bond motifs is 3. The molecule has 21 heavy (non-hydrogen) atoms. The number of carbonyl (C=O) groups excluding carboxylic acids is 2. The summed E-state index contributed by atoms with van der Waals surface area (Å²) in [5.74, 6) is -0.538. The number of benzene rings is 1. The van der Waals surface area contributed by atoms with Crippen molar-refractivity contribution in [1.29, 1.82) is 0 Å². The van der Waals surface area contributed by atoms with Crippen molar-refractivity contribution in [2.24, 2.45) is 0 Å². The van der Waals surface area contributed by atoms with Gasteiger partial charge in [-0.3, -0.25) is 14.5 Å². The Morgan fingerprint density at radius 1 is 1.19 bits per heavy atom. The Morgan fingerprint density at radius 2 is 2.00 bits per heavy atom. The summed E-state index contributed by atoms with van der Waals surface area (Å²) in [4.78, 5) is 26.1. The first kappa shape index (κ1) is 14.1. The van der Waals surface area contributed by atoms with Crippen LogP contribution in [-0.4, -0.2) is 37.0 Å². The Morgan fingerprint density at radius 3 is 2.81 bits per heavy atom. The average Bonchev–Trinajstić information content (AvgIpc) is 2.74. The van der Waals surface area contributed by atoms with Gasteiger partial charge in [0.25, 0.3) is 5.91 Å². The Kier molecular flexibility index (Phi) is 3.68. The zero-order chi connectivity index (χ0) is 14.9. The Bertz CT molecular complexity index is 571. The van der Waals surface area contributed by atoms with E-state index < -0.39 is 5.72 Å². The van der Waals surface area contributed by atoms with Crippen LogP contribution in [0.1, 0.15) is 41.6 Å². The molecule has 2 aliphatic heterocycles. The van der Waals surface area contributed by atoms with Crippen molar-refractivity contribution >= 4 is 11.9 Å². The van der Waals surface area contributed by atoms with Crippen molar-refractivity contribution < 1.29 is 19.1 Å². The summed E-state index contributed by atoms with van der Waals surface area (Å²) >= 11 is 0. The summed E-state index contributed by atoms with van der Waals surface area (Å²) in [5.41, 5.74) is 0.626. The molecular formula is C16H19NO4. The van der Waals surface area contributed by atoms with Gasteiger partial charge in [-0.25, -0.2) is 0 Å². The number of rotatable bonds is 1. The third kappa shape index (κ3) is 2.21. The molecule has 112 valence electrons. The molecule has 1 fully saturated rings. The van der Waals surface area contributed by atoms with E-state index in [1.807, 2.05) is 18.2 Å². The molecule has 0 aliphatic carbocycles. The lowest BCUT2D eigenvalue weighted by atomic mass is 9.95. The lowest BCUT2D eigenvalue weighted by Gasteiger charge is -2.38. The molecule has 1 amide bonds. The van der Waals surface area contributed by atoms with Crippen molar-refractivity contribution in [3.8, 4) is 0 Å². The molecule has 5 nitrogen and oxygen atoms in total. The van der Waals surface area contributed by atoms with E-state index in [0.29, 0.717) is 18.6 Å². The quantitative estimate of drug-likeness (QED) is 0.743. The first-order valence-corrected chi connectivity index (χ1v) is 7.31. The predicted molar refractivity (Wildman–Crippen MR) is 75.6 cm³/mol. The second-order valence-corrected chi connectivity index (χ2v) is 5.46. The van der Waals surface area contributed by atoms with Gasteiger partial charge in [0.1, 0.15) is 6.54 Å². The van der Waals surface area contributed by atoms with Crippen LogP contribution < -0.4 is 0 Å². The number of hydrogen-bond acceptors (Lipinski definition) is 4. The van der Waals surface area contributed by atoms with Gasteiger partial charge >= 0.3 is 5.97 Å². The molecule has 0 spiro atoms. The van der Waals surface area contributed by atoms with Crippen molar-refractivity contribution in [3.63, 3.8) is 0 Å². The maximum Gasteiger partial charge on any atom is 0.325 e. The maximum absolute atomic E-state index is 12.6. The van der Waals surface area contributed by atoms with Crippen LogP contribution in [0, 0.1) is 0 Å². The van der Waals surface area contributed by atoms with Crippen LogP contribution in [0.4, 0.5) is 0 Å². The van der Waals surface area contributed by atoms with E-state index in [9.17, 15) is 9.59 Å². The molecule has 0 bridgehead atoms. The highest BCUT2D eigenvalue weighted by atomic mass is 16.5. The standard InChI is InChI=1S/C16H19NO4/c1-20-16-9-5-2-6-10-21-14(18)11-17(16)15(19)12-7-3-4-8-13(12)16/h3-4,7-8H,2,5-6,9-11H2,1H3. The predicted octanol–water partition coefficient (Wildman–Crippen LogP) is 2.06. The minimum atomic E-state index is -0.843. The Labute approximate surface area is 123 Å². The second-order valence-electron chi connectivity index (χ2n) is 5.46. The lowest BCUT2D eigenvalue weighted by Crippen LogP contribution is -2.48. The number of carbonyl (C=O) groups is 2. The molecular weight excluding hydrogens is 270 g/mol. The van der Waals surface area contributed by atoms with Crippen LogP contribution in [0.15, 0.2) is 24.3 Å². The third-order valence-corrected chi connectivity index (χ3v) is 4.31. The molecule has 2 heterocycles. The van der Waals surface area contributed by atoms with Crippen LogP contribution in [-0.2, 0) is 20.0 Å². The van der Waals surface area contributed by atoms with Gasteiger partial charge in [-0.1, -0.05) is 18.2 Å². The highest BCUT2D eigenvalue weighted by molar-refractivity contribution is 6.01. The fraction of sp³-hybridized carbons (Fsp3) is 0.500. The van der Waals surface area contributed by atoms with Gasteiger partial charge in [0.05, 0.1) is 6.61 Å². The monoisotopic (exact) mass is 289 g/mol. The summed E-state index contributed by atoms with van der Waals surface area (Å²) in [7, 11) is 1.60. The number of methoxy groups -OCH3 is 1. The third-order valence-electron chi connectivity index (χ3n) is 4.31. The molecule has 3 rings (SSSR count). The summed E-state index contributed by atoms with van der Waals surface area (Å²) in [6, 6.07) is 7.43. The molecule has 1 aromatic carbocycles. The number of hydrogen-bond donors (Lipinski definition) is 0. The largest absolute Gasteiger partial charge is 0.464 e. The zero-order valence-corrected chi connectivity index (χ0v) is 12.1. The zero-order valence-electron chi connectivity index (χ0n) is 12.1. The summed E-state index contributed by atoms with van der Waals surface area (Å²) in [6.07, 6.45) is 3.41. The van der Waals surface area contributed by atoms with E-state index in [2.05, 4.69) is 0 Å². The van der Waals surface area contributed by atoms with Crippen LogP contribution in [0.25, 0.3) is 0 Å². The topological polar surface area (TPSA) is 55.8 Å². The van der Waals surface area contributed by atoms with E-state index in [1.165, 1.54) is 4.90 Å². The van der Waals surface area contributed by atoms with Gasteiger partial charge in [0.2, 0.25) is 0 Å². The van der Waals surface area contributed by atoms with Gasteiger partial charge in [-0.2, -0.15) is 0 Å². The van der Waals surface area contributed by atoms with E-state index in [-0.39, 0.29) is 18.4 Å². The summed E-state index contributed by atoms with van der Waals surface area (Å²) in [6.45, 7) is 0.356. The highest BCUT2D eigenvalue weighted by Gasteiger charge is 2.50. The molecule has 0 N–H and O–H groups in total. The number of nitrogens with zero attached hydrogens (tertiary/aromatic N) is 1. The van der Waals surface area contributed by atoms with Gasteiger partial charge in [0.15, 0.2) is 5.72 Å². The van der Waals surface area contributed by atoms with Crippen LogP contribution in [0.5, 0.6) is 0 Å². The normalized spacial score (nSPS) is 26.0. The smallest absolute Gasteiger partial charge is 0.325 e. The molecule has 1 unspecified atom stereocenters. The molecule has 0 saturated carbocycles. The Balaban J connectivity index is 2.06. The first-order chi connectivity index (χ1) is 10.2. The van der Waals surface area contributed by atoms with Crippen molar-refractivity contribution in [2.45, 2.75) is 31.4 Å². The average molecular weight is 289 g/mol. The van der Waals surface area contributed by atoms with Crippen molar-refractivity contribution in [2.75, 3.05) is 20.3 Å². The van der Waals surface area contributed by atoms with Gasteiger partial charge in [-0.15, -0.1) is 0 Å². The van der Waals surface area contributed by atoms with Crippen molar-refractivity contribution in [1.82, 2.24) is 4.90 Å². The molecule has 0 radical (unpaired) electrons. The molecule has 2 aliphatic rings. The summed E-state index contributed by atoms with van der Waals surface area (Å²) < 4.78 is 11.0. The molecule has 1 saturated heterocycles. The minimum absolute atomic E-state index is 0.0681. The first-order valence-electron chi connectivity index (χ1n) is 7.31. The number of amides is 1. The fourth-order valence-electron chi connectivity index (χ4n) is 3.26. The van der Waals surface area contributed by atoms with E-state index in [4.69, 9.17) is 9.47 Å². The molecule has 5 heteroatoms. The fourth-order valence-corrected chi connectivity index (χ4v) is 3.26. The van der Waals surface area contributed by atoms with Gasteiger partial charge < -0.3 is 9.47 Å². The number of cyclic esters (lactones) is 1. The van der Waals surface area contributed by atoms with Crippen LogP contribution in [0.2, 0.25) is 0 Å². The molecule has 1 aromatic rings. The van der Waals surface area contributed by atoms with Crippen molar-refractivity contribution in [3.05, 3.63) is 35.4 Å².